The van der Waals surface area contributed by atoms with Crippen LogP contribution in [-0.2, 0) is 10.0 Å². The van der Waals surface area contributed by atoms with Crippen LogP contribution in [0.1, 0.15) is 36.7 Å². The van der Waals surface area contributed by atoms with Crippen LogP contribution in [0.15, 0.2) is 23.1 Å². The van der Waals surface area contributed by atoms with E-state index in [0.29, 0.717) is 18.7 Å². The number of carbonyl (C=O) groups excluding carboxylic acids is 1. The maximum Gasteiger partial charge on any atom is 0.253 e. The molecule has 0 spiro atoms. The van der Waals surface area contributed by atoms with E-state index in [-0.39, 0.29) is 10.8 Å². The Morgan fingerprint density at radius 1 is 1.26 bits per heavy atom. The quantitative estimate of drug-likeness (QED) is 0.819. The number of benzene rings is 1. The highest BCUT2D eigenvalue weighted by Gasteiger charge is 2.24. The van der Waals surface area contributed by atoms with Crippen LogP contribution in [0, 0.1) is 6.92 Å². The Hall–Kier alpha value is -1.44. The molecule has 1 rings (SSSR count). The summed E-state index contributed by atoms with van der Waals surface area (Å²) in [6.45, 7) is 8.34. The van der Waals surface area contributed by atoms with E-state index in [0.717, 1.165) is 5.56 Å². The molecule has 0 atom stereocenters. The standard InChI is InChI=1S/C16H27N3O3S/c1-12-7-8-13(23(21,22)18-16(2,3)4)11-14(12)15(20)19(6)10-9-17-5/h7-8,11,17-18H,9-10H2,1-6H3. The molecule has 0 aromatic heterocycles. The van der Waals surface area contributed by atoms with E-state index >= 15 is 0 Å². The first-order valence-corrected chi connectivity index (χ1v) is 9.01. The third-order valence-corrected chi connectivity index (χ3v) is 4.99. The van der Waals surface area contributed by atoms with Gasteiger partial charge in [0.15, 0.2) is 0 Å². The van der Waals surface area contributed by atoms with Crippen LogP contribution in [0.3, 0.4) is 0 Å². The Balaban J connectivity index is 3.16. The summed E-state index contributed by atoms with van der Waals surface area (Å²) in [5, 5.41) is 2.98. The zero-order chi connectivity index (χ0) is 17.8. The van der Waals surface area contributed by atoms with Crippen molar-refractivity contribution in [2.45, 2.75) is 38.1 Å². The minimum Gasteiger partial charge on any atom is -0.340 e. The molecule has 0 saturated carbocycles. The number of nitrogens with zero attached hydrogens (tertiary/aromatic N) is 1. The molecule has 0 fully saturated rings. The van der Waals surface area contributed by atoms with Gasteiger partial charge in [-0.1, -0.05) is 6.07 Å². The van der Waals surface area contributed by atoms with Crippen LogP contribution < -0.4 is 10.0 Å². The molecule has 0 bridgehead atoms. The van der Waals surface area contributed by atoms with Gasteiger partial charge in [0.05, 0.1) is 4.90 Å². The summed E-state index contributed by atoms with van der Waals surface area (Å²) in [4.78, 5) is 14.2. The molecule has 0 aliphatic heterocycles. The highest BCUT2D eigenvalue weighted by Crippen LogP contribution is 2.18. The van der Waals surface area contributed by atoms with Gasteiger partial charge in [-0.3, -0.25) is 4.79 Å². The molecular formula is C16H27N3O3S. The molecular weight excluding hydrogens is 314 g/mol. The summed E-state index contributed by atoms with van der Waals surface area (Å²) >= 11 is 0. The van der Waals surface area contributed by atoms with Crippen molar-refractivity contribution in [3.8, 4) is 0 Å². The number of carbonyl (C=O) groups is 1. The molecule has 2 N–H and O–H groups in total. The van der Waals surface area contributed by atoms with Gasteiger partial charge in [0.1, 0.15) is 0 Å². The lowest BCUT2D eigenvalue weighted by Crippen LogP contribution is -2.40. The number of hydrogen-bond acceptors (Lipinski definition) is 4. The predicted molar refractivity (Wildman–Crippen MR) is 92.1 cm³/mol. The minimum atomic E-state index is -3.67. The van der Waals surface area contributed by atoms with Crippen molar-refractivity contribution < 1.29 is 13.2 Å². The van der Waals surface area contributed by atoms with Crippen LogP contribution >= 0.6 is 0 Å². The van der Waals surface area contributed by atoms with Crippen molar-refractivity contribution in [3.63, 3.8) is 0 Å². The molecule has 0 heterocycles. The smallest absolute Gasteiger partial charge is 0.253 e. The van der Waals surface area contributed by atoms with E-state index in [1.54, 1.807) is 45.7 Å². The second-order valence-electron chi connectivity index (χ2n) is 6.66. The lowest BCUT2D eigenvalue weighted by molar-refractivity contribution is 0.0796. The van der Waals surface area contributed by atoms with Crippen molar-refractivity contribution in [2.75, 3.05) is 27.2 Å². The zero-order valence-corrected chi connectivity index (χ0v) is 15.5. The summed E-state index contributed by atoms with van der Waals surface area (Å²) in [6, 6.07) is 4.63. The second kappa shape index (κ2) is 7.42. The number of sulfonamides is 1. The first kappa shape index (κ1) is 19.6. The van der Waals surface area contributed by atoms with Gasteiger partial charge < -0.3 is 10.2 Å². The normalized spacial score (nSPS) is 12.3. The molecule has 1 aromatic carbocycles. The Morgan fingerprint density at radius 3 is 2.39 bits per heavy atom. The van der Waals surface area contributed by atoms with Gasteiger partial charge in [-0.05, 0) is 52.4 Å². The Kier molecular flexibility index (Phi) is 6.33. The van der Waals surface area contributed by atoms with E-state index in [4.69, 9.17) is 0 Å². The summed E-state index contributed by atoms with van der Waals surface area (Å²) in [5.41, 5.74) is 0.568. The van der Waals surface area contributed by atoms with Crippen molar-refractivity contribution in [3.05, 3.63) is 29.3 Å². The maximum atomic E-state index is 12.5. The lowest BCUT2D eigenvalue weighted by atomic mass is 10.1. The number of likely N-dealkylation sites (N-methyl/N-ethyl adjacent to an activating group) is 2. The molecule has 23 heavy (non-hydrogen) atoms. The maximum absolute atomic E-state index is 12.5. The molecule has 0 aliphatic carbocycles. The third kappa shape index (κ3) is 5.60. The molecule has 0 saturated heterocycles. The van der Waals surface area contributed by atoms with E-state index in [9.17, 15) is 13.2 Å². The van der Waals surface area contributed by atoms with Gasteiger partial charge in [0.2, 0.25) is 10.0 Å². The van der Waals surface area contributed by atoms with Crippen molar-refractivity contribution in [1.29, 1.82) is 0 Å². The number of amides is 1. The average molecular weight is 341 g/mol. The lowest BCUT2D eigenvalue weighted by Gasteiger charge is -2.22. The second-order valence-corrected chi connectivity index (χ2v) is 8.34. The van der Waals surface area contributed by atoms with Crippen LogP contribution in [0.2, 0.25) is 0 Å². The largest absolute Gasteiger partial charge is 0.340 e. The monoisotopic (exact) mass is 341 g/mol. The van der Waals surface area contributed by atoms with Crippen molar-refractivity contribution >= 4 is 15.9 Å². The summed E-state index contributed by atoms with van der Waals surface area (Å²) in [5.74, 6) is -0.189. The van der Waals surface area contributed by atoms with Gasteiger partial charge in [0.25, 0.3) is 5.91 Å². The molecule has 6 nitrogen and oxygen atoms in total. The average Bonchev–Trinajstić information content (AvgIpc) is 2.41. The van der Waals surface area contributed by atoms with Crippen LogP contribution in [0.5, 0.6) is 0 Å². The highest BCUT2D eigenvalue weighted by molar-refractivity contribution is 7.89. The molecule has 130 valence electrons. The van der Waals surface area contributed by atoms with E-state index in [1.165, 1.54) is 12.1 Å². The van der Waals surface area contributed by atoms with Crippen molar-refractivity contribution in [2.24, 2.45) is 0 Å². The van der Waals surface area contributed by atoms with Crippen LogP contribution in [0.4, 0.5) is 0 Å². The highest BCUT2D eigenvalue weighted by atomic mass is 32.2. The summed E-state index contributed by atoms with van der Waals surface area (Å²) in [7, 11) is -0.150. The molecule has 1 aromatic rings. The number of aryl methyl sites for hydroxylation is 1. The SMILES string of the molecule is CNCCN(C)C(=O)c1cc(S(=O)(=O)NC(C)(C)C)ccc1C. The molecule has 0 aliphatic rings. The predicted octanol–water partition coefficient (Wildman–Crippen LogP) is 1.36. The van der Waals surface area contributed by atoms with E-state index in [1.807, 2.05) is 7.05 Å². The van der Waals surface area contributed by atoms with Gasteiger partial charge in [-0.15, -0.1) is 0 Å². The third-order valence-electron chi connectivity index (χ3n) is 3.23. The first-order valence-electron chi connectivity index (χ1n) is 7.52. The summed E-state index contributed by atoms with van der Waals surface area (Å²) < 4.78 is 27.5. The molecule has 0 unspecified atom stereocenters. The van der Waals surface area contributed by atoms with Crippen LogP contribution in [-0.4, -0.2) is 51.9 Å². The zero-order valence-electron chi connectivity index (χ0n) is 14.7. The fraction of sp³-hybridized carbons (Fsp3) is 0.562. The first-order chi connectivity index (χ1) is 10.5. The molecule has 1 amide bonds. The number of hydrogen-bond donors (Lipinski definition) is 2. The van der Waals surface area contributed by atoms with Gasteiger partial charge >= 0.3 is 0 Å². The van der Waals surface area contributed by atoms with Gasteiger partial charge in [-0.2, -0.15) is 0 Å². The van der Waals surface area contributed by atoms with Gasteiger partial charge in [-0.25, -0.2) is 13.1 Å². The molecule has 7 heteroatoms. The van der Waals surface area contributed by atoms with Crippen LogP contribution in [0.25, 0.3) is 0 Å². The fourth-order valence-corrected chi connectivity index (χ4v) is 3.49. The number of rotatable bonds is 6. The van der Waals surface area contributed by atoms with E-state index in [2.05, 4.69) is 10.0 Å². The van der Waals surface area contributed by atoms with E-state index < -0.39 is 15.6 Å². The number of nitrogens with one attached hydrogen (secondary N) is 2. The Bertz CT molecular complexity index is 664. The van der Waals surface area contributed by atoms with Crippen molar-refractivity contribution in [1.82, 2.24) is 14.9 Å². The fourth-order valence-electron chi connectivity index (χ4n) is 2.05. The minimum absolute atomic E-state index is 0.100. The Labute approximate surface area is 139 Å². The Morgan fingerprint density at radius 2 is 1.87 bits per heavy atom. The summed E-state index contributed by atoms with van der Waals surface area (Å²) in [6.07, 6.45) is 0. The molecule has 0 radical (unpaired) electrons. The van der Waals surface area contributed by atoms with Gasteiger partial charge in [0, 0.05) is 31.2 Å². The topological polar surface area (TPSA) is 78.5 Å².